The summed E-state index contributed by atoms with van der Waals surface area (Å²) in [5.41, 5.74) is 1.78. The number of carbonyl (C=O) groups is 1. The maximum Gasteiger partial charge on any atom is 0.328 e. The van der Waals surface area contributed by atoms with E-state index >= 15 is 0 Å². The van der Waals surface area contributed by atoms with Gasteiger partial charge in [-0.15, -0.1) is 0 Å². The van der Waals surface area contributed by atoms with E-state index in [1.54, 1.807) is 25.3 Å². The van der Waals surface area contributed by atoms with E-state index in [1.165, 1.54) is 6.08 Å². The van der Waals surface area contributed by atoms with Crippen molar-refractivity contribution in [3.8, 4) is 11.5 Å². The SMILES string of the molecule is COc1ccc(/C=C/C(=O)O)cc1OCc1ccccc1. The third kappa shape index (κ3) is 4.38. The Kier molecular flexibility index (Phi) is 4.99. The Morgan fingerprint density at radius 1 is 1.14 bits per heavy atom. The van der Waals surface area contributed by atoms with Crippen LogP contribution in [0.2, 0.25) is 0 Å². The van der Waals surface area contributed by atoms with Gasteiger partial charge in [-0.25, -0.2) is 4.79 Å². The number of benzene rings is 2. The summed E-state index contributed by atoms with van der Waals surface area (Å²) in [6.07, 6.45) is 2.60. The highest BCUT2D eigenvalue weighted by molar-refractivity contribution is 5.85. The molecule has 1 N–H and O–H groups in total. The van der Waals surface area contributed by atoms with Crippen LogP contribution in [0.15, 0.2) is 54.6 Å². The van der Waals surface area contributed by atoms with Gasteiger partial charge in [0.25, 0.3) is 0 Å². The number of carboxylic acid groups (broad SMARTS) is 1. The van der Waals surface area contributed by atoms with Gasteiger partial charge in [-0.1, -0.05) is 36.4 Å². The lowest BCUT2D eigenvalue weighted by molar-refractivity contribution is -0.131. The molecule has 0 aliphatic heterocycles. The van der Waals surface area contributed by atoms with E-state index in [4.69, 9.17) is 14.6 Å². The average molecular weight is 284 g/mol. The quantitative estimate of drug-likeness (QED) is 0.826. The highest BCUT2D eigenvalue weighted by Gasteiger charge is 2.05. The van der Waals surface area contributed by atoms with Crippen molar-refractivity contribution in [3.05, 3.63) is 65.7 Å². The first-order chi connectivity index (χ1) is 10.2. The lowest BCUT2D eigenvalue weighted by atomic mass is 10.2. The fourth-order valence-electron chi connectivity index (χ4n) is 1.81. The molecule has 2 aromatic carbocycles. The molecule has 0 aliphatic carbocycles. The molecule has 0 saturated carbocycles. The molecule has 0 aromatic heterocycles. The molecule has 0 atom stereocenters. The molecule has 2 aromatic rings. The van der Waals surface area contributed by atoms with Crippen LogP contribution < -0.4 is 9.47 Å². The Morgan fingerprint density at radius 3 is 2.57 bits per heavy atom. The Labute approximate surface area is 123 Å². The Morgan fingerprint density at radius 2 is 1.90 bits per heavy atom. The Bertz CT molecular complexity index is 632. The Balaban J connectivity index is 2.16. The first-order valence-corrected chi connectivity index (χ1v) is 6.45. The van der Waals surface area contributed by atoms with Gasteiger partial charge in [0.15, 0.2) is 11.5 Å². The minimum Gasteiger partial charge on any atom is -0.493 e. The van der Waals surface area contributed by atoms with E-state index < -0.39 is 5.97 Å². The molecule has 0 bridgehead atoms. The molecule has 2 rings (SSSR count). The second kappa shape index (κ2) is 7.14. The minimum atomic E-state index is -0.988. The van der Waals surface area contributed by atoms with Crippen molar-refractivity contribution in [1.82, 2.24) is 0 Å². The van der Waals surface area contributed by atoms with Gasteiger partial charge in [0.05, 0.1) is 7.11 Å². The van der Waals surface area contributed by atoms with Gasteiger partial charge in [0, 0.05) is 6.08 Å². The Hall–Kier alpha value is -2.75. The van der Waals surface area contributed by atoms with Crippen LogP contribution in [0.5, 0.6) is 11.5 Å². The topological polar surface area (TPSA) is 55.8 Å². The van der Waals surface area contributed by atoms with Crippen molar-refractivity contribution < 1.29 is 19.4 Å². The summed E-state index contributed by atoms with van der Waals surface area (Å²) < 4.78 is 11.0. The van der Waals surface area contributed by atoms with Gasteiger partial charge in [-0.05, 0) is 29.3 Å². The molecule has 4 nitrogen and oxygen atoms in total. The second-order valence-corrected chi connectivity index (χ2v) is 4.36. The first kappa shape index (κ1) is 14.7. The summed E-state index contributed by atoms with van der Waals surface area (Å²) in [4.78, 5) is 10.5. The summed E-state index contributed by atoms with van der Waals surface area (Å²) in [5, 5.41) is 8.65. The molecule has 4 heteroatoms. The maximum atomic E-state index is 10.5. The molecule has 0 unspecified atom stereocenters. The van der Waals surface area contributed by atoms with E-state index in [2.05, 4.69) is 0 Å². The third-order valence-electron chi connectivity index (χ3n) is 2.84. The summed E-state index contributed by atoms with van der Waals surface area (Å²) in [7, 11) is 1.57. The van der Waals surface area contributed by atoms with Crippen molar-refractivity contribution >= 4 is 12.0 Å². The first-order valence-electron chi connectivity index (χ1n) is 6.45. The fourth-order valence-corrected chi connectivity index (χ4v) is 1.81. The standard InChI is InChI=1S/C17H16O4/c1-20-15-9-7-13(8-10-17(18)19)11-16(15)21-12-14-5-3-2-4-6-14/h2-11H,12H2,1H3,(H,18,19)/b10-8+. The van der Waals surface area contributed by atoms with Gasteiger partial charge in [0.1, 0.15) is 6.61 Å². The molecular formula is C17H16O4. The van der Waals surface area contributed by atoms with E-state index in [0.29, 0.717) is 18.1 Å². The minimum absolute atomic E-state index is 0.420. The monoisotopic (exact) mass is 284 g/mol. The van der Waals surface area contributed by atoms with Crippen LogP contribution in [0.3, 0.4) is 0 Å². The van der Waals surface area contributed by atoms with Gasteiger partial charge in [-0.3, -0.25) is 0 Å². The van der Waals surface area contributed by atoms with Crippen LogP contribution >= 0.6 is 0 Å². The molecule has 108 valence electrons. The van der Waals surface area contributed by atoms with Crippen molar-refractivity contribution in [2.24, 2.45) is 0 Å². The molecule has 0 heterocycles. The highest BCUT2D eigenvalue weighted by Crippen LogP contribution is 2.29. The smallest absolute Gasteiger partial charge is 0.328 e. The van der Waals surface area contributed by atoms with Crippen LogP contribution in [0, 0.1) is 0 Å². The van der Waals surface area contributed by atoms with Crippen LogP contribution in [0.25, 0.3) is 6.08 Å². The van der Waals surface area contributed by atoms with Crippen LogP contribution in [0.1, 0.15) is 11.1 Å². The van der Waals surface area contributed by atoms with E-state index in [1.807, 2.05) is 30.3 Å². The lowest BCUT2D eigenvalue weighted by Gasteiger charge is -2.11. The molecule has 0 aliphatic rings. The van der Waals surface area contributed by atoms with E-state index in [0.717, 1.165) is 17.2 Å². The highest BCUT2D eigenvalue weighted by atomic mass is 16.5. The number of methoxy groups -OCH3 is 1. The van der Waals surface area contributed by atoms with Gasteiger partial charge >= 0.3 is 5.97 Å². The van der Waals surface area contributed by atoms with Gasteiger partial charge in [-0.2, -0.15) is 0 Å². The number of hydrogen-bond donors (Lipinski definition) is 1. The number of hydrogen-bond acceptors (Lipinski definition) is 3. The number of rotatable bonds is 6. The largest absolute Gasteiger partial charge is 0.493 e. The van der Waals surface area contributed by atoms with Gasteiger partial charge < -0.3 is 14.6 Å². The zero-order valence-electron chi connectivity index (χ0n) is 11.7. The van der Waals surface area contributed by atoms with Crippen molar-refractivity contribution in [1.29, 1.82) is 0 Å². The number of aliphatic carboxylic acids is 1. The number of carboxylic acids is 1. The average Bonchev–Trinajstić information content (AvgIpc) is 2.52. The molecule has 21 heavy (non-hydrogen) atoms. The number of ether oxygens (including phenoxy) is 2. The molecule has 0 amide bonds. The van der Waals surface area contributed by atoms with Crippen molar-refractivity contribution in [2.75, 3.05) is 7.11 Å². The summed E-state index contributed by atoms with van der Waals surface area (Å²) in [5.74, 6) is 0.199. The summed E-state index contributed by atoms with van der Waals surface area (Å²) in [6.45, 7) is 0.420. The molecule has 0 radical (unpaired) electrons. The van der Waals surface area contributed by atoms with Crippen LogP contribution in [0.4, 0.5) is 0 Å². The zero-order chi connectivity index (χ0) is 15.1. The third-order valence-corrected chi connectivity index (χ3v) is 2.84. The fraction of sp³-hybridized carbons (Fsp3) is 0.118. The van der Waals surface area contributed by atoms with E-state index in [9.17, 15) is 4.79 Å². The van der Waals surface area contributed by atoms with Gasteiger partial charge in [0.2, 0.25) is 0 Å². The summed E-state index contributed by atoms with van der Waals surface area (Å²) in [6, 6.07) is 15.1. The van der Waals surface area contributed by atoms with Crippen molar-refractivity contribution in [2.45, 2.75) is 6.61 Å². The van der Waals surface area contributed by atoms with Crippen LogP contribution in [-0.2, 0) is 11.4 Å². The normalized spacial score (nSPS) is 10.5. The maximum absolute atomic E-state index is 10.5. The molecule has 0 spiro atoms. The zero-order valence-corrected chi connectivity index (χ0v) is 11.7. The molecule has 0 fully saturated rings. The van der Waals surface area contributed by atoms with Crippen LogP contribution in [-0.4, -0.2) is 18.2 Å². The predicted molar refractivity (Wildman–Crippen MR) is 80.4 cm³/mol. The predicted octanol–water partition coefficient (Wildman–Crippen LogP) is 3.37. The molecule has 0 saturated heterocycles. The second-order valence-electron chi connectivity index (χ2n) is 4.36. The van der Waals surface area contributed by atoms with Crippen molar-refractivity contribution in [3.63, 3.8) is 0 Å². The van der Waals surface area contributed by atoms with E-state index in [-0.39, 0.29) is 0 Å². The lowest BCUT2D eigenvalue weighted by Crippen LogP contribution is -1.98. The summed E-state index contributed by atoms with van der Waals surface area (Å²) >= 11 is 0. The molecular weight excluding hydrogens is 268 g/mol.